The minimum atomic E-state index is -0.341. The summed E-state index contributed by atoms with van der Waals surface area (Å²) in [5.74, 6) is 6.75. The van der Waals surface area contributed by atoms with E-state index in [9.17, 15) is 0 Å². The highest BCUT2D eigenvalue weighted by atomic mass is 16.6. The van der Waals surface area contributed by atoms with Gasteiger partial charge in [0.1, 0.15) is 5.60 Å². The predicted molar refractivity (Wildman–Crippen MR) is 123 cm³/mol. The largest absolute Gasteiger partial charge is 0.378 e. The zero-order chi connectivity index (χ0) is 20.8. The fraction of sp³-hybridized carbons (Fsp3) is 0.786. The van der Waals surface area contributed by atoms with E-state index in [1.165, 1.54) is 38.5 Å². The molecule has 31 heavy (non-hydrogen) atoms. The van der Waals surface area contributed by atoms with Crippen LogP contribution in [0.3, 0.4) is 0 Å². The second kappa shape index (κ2) is 8.47. The van der Waals surface area contributed by atoms with Crippen molar-refractivity contribution >= 4 is 0 Å². The Labute approximate surface area is 188 Å². The van der Waals surface area contributed by atoms with Gasteiger partial charge in [-0.1, -0.05) is 36.5 Å². The van der Waals surface area contributed by atoms with Crippen molar-refractivity contribution < 1.29 is 14.2 Å². The first-order valence-corrected chi connectivity index (χ1v) is 13.0. The van der Waals surface area contributed by atoms with E-state index in [1.807, 2.05) is 0 Å². The summed E-state index contributed by atoms with van der Waals surface area (Å²) in [4.78, 5) is 0. The number of rotatable bonds is 11. The molecule has 0 aliphatic heterocycles. The lowest BCUT2D eigenvalue weighted by Crippen LogP contribution is -2.42. The molecular weight excluding hydrogens is 384 g/mol. The first kappa shape index (κ1) is 20.7. The molecule has 170 valence electrons. The number of fused-ring (bicyclic) bond motifs is 6. The summed E-state index contributed by atoms with van der Waals surface area (Å²) < 4.78 is 19.2. The van der Waals surface area contributed by atoms with E-state index in [0.29, 0.717) is 31.0 Å². The molecule has 9 atom stereocenters. The molecule has 0 aromatic heterocycles. The maximum Gasteiger partial charge on any atom is 0.112 e. The van der Waals surface area contributed by atoms with Gasteiger partial charge in [0.25, 0.3) is 0 Å². The molecule has 0 aromatic carbocycles. The second-order valence-electron chi connectivity index (χ2n) is 11.9. The molecule has 0 spiro atoms. The molecule has 3 fully saturated rings. The lowest BCUT2D eigenvalue weighted by Gasteiger charge is -2.33. The Kier molecular flexibility index (Phi) is 5.65. The van der Waals surface area contributed by atoms with Crippen LogP contribution in [0.25, 0.3) is 0 Å². The average molecular weight is 425 g/mol. The van der Waals surface area contributed by atoms with Gasteiger partial charge in [-0.05, 0) is 98.7 Å². The van der Waals surface area contributed by atoms with Crippen LogP contribution in [-0.4, -0.2) is 38.6 Å². The summed E-state index contributed by atoms with van der Waals surface area (Å²) in [6.45, 7) is 6.12. The first-order valence-electron chi connectivity index (χ1n) is 13.0. The molecule has 0 amide bonds. The van der Waals surface area contributed by atoms with Gasteiger partial charge in [0.2, 0.25) is 0 Å². The third-order valence-electron chi connectivity index (χ3n) is 9.37. The molecule has 9 unspecified atom stereocenters. The van der Waals surface area contributed by atoms with Gasteiger partial charge in [-0.3, -0.25) is 0 Å². The fourth-order valence-electron chi connectivity index (χ4n) is 7.54. The van der Waals surface area contributed by atoms with Crippen LogP contribution >= 0.6 is 0 Å². The summed E-state index contributed by atoms with van der Waals surface area (Å²) >= 11 is 0. The Hall–Kier alpha value is -0.900. The SMILES string of the molecule is CC(COCC1CC2C=CC1C2)(COCC1CC2C=CC1C2)OCC1CC2C=CC1C2. The molecule has 3 saturated carbocycles. The van der Waals surface area contributed by atoms with Crippen molar-refractivity contribution in [3.8, 4) is 0 Å². The summed E-state index contributed by atoms with van der Waals surface area (Å²) in [6.07, 6.45) is 22.5. The number of hydrogen-bond acceptors (Lipinski definition) is 3. The van der Waals surface area contributed by atoms with E-state index in [2.05, 4.69) is 43.4 Å². The van der Waals surface area contributed by atoms with Crippen molar-refractivity contribution in [2.24, 2.45) is 53.3 Å². The van der Waals surface area contributed by atoms with Gasteiger partial charge in [-0.25, -0.2) is 0 Å². The maximum absolute atomic E-state index is 6.61. The van der Waals surface area contributed by atoms with Crippen molar-refractivity contribution in [3.63, 3.8) is 0 Å². The number of allylic oxidation sites excluding steroid dienone is 6. The van der Waals surface area contributed by atoms with Crippen LogP contribution in [-0.2, 0) is 14.2 Å². The monoisotopic (exact) mass is 424 g/mol. The Balaban J connectivity index is 1.01. The fourth-order valence-corrected chi connectivity index (χ4v) is 7.54. The molecular formula is C28H40O3. The van der Waals surface area contributed by atoms with Crippen LogP contribution < -0.4 is 0 Å². The quantitative estimate of drug-likeness (QED) is 0.414. The maximum atomic E-state index is 6.61. The van der Waals surface area contributed by atoms with Gasteiger partial charge in [0, 0.05) is 0 Å². The zero-order valence-corrected chi connectivity index (χ0v) is 19.2. The lowest BCUT2D eigenvalue weighted by atomic mass is 9.94. The van der Waals surface area contributed by atoms with E-state index in [0.717, 1.165) is 55.3 Å². The average Bonchev–Trinajstić information content (AvgIpc) is 3.60. The van der Waals surface area contributed by atoms with E-state index in [4.69, 9.17) is 14.2 Å². The normalized spacial score (nSPS) is 45.4. The van der Waals surface area contributed by atoms with Gasteiger partial charge in [-0.15, -0.1) is 0 Å². The standard InChI is InChI=1S/C28H40O3/c1-28(31-16-27-13-21-4-7-24(27)10-21,17-29-14-25-11-19-2-5-22(25)8-19)18-30-15-26-12-20-3-6-23(26)9-20/h2-7,19-27H,8-18H2,1H3. The molecule has 3 heteroatoms. The van der Waals surface area contributed by atoms with Crippen LogP contribution in [0.5, 0.6) is 0 Å². The Morgan fingerprint density at radius 2 is 1.00 bits per heavy atom. The van der Waals surface area contributed by atoms with Gasteiger partial charge in [0.05, 0.1) is 33.0 Å². The first-order chi connectivity index (χ1) is 15.1. The van der Waals surface area contributed by atoms with Crippen molar-refractivity contribution in [1.29, 1.82) is 0 Å². The van der Waals surface area contributed by atoms with Crippen molar-refractivity contribution in [2.75, 3.05) is 33.0 Å². The third-order valence-corrected chi connectivity index (χ3v) is 9.37. The molecule has 0 N–H and O–H groups in total. The van der Waals surface area contributed by atoms with Crippen molar-refractivity contribution in [3.05, 3.63) is 36.5 Å². The van der Waals surface area contributed by atoms with E-state index < -0.39 is 0 Å². The predicted octanol–water partition coefficient (Wildman–Crippen LogP) is 5.43. The molecule has 0 aromatic rings. The highest BCUT2D eigenvalue weighted by molar-refractivity contribution is 5.11. The molecule has 6 aliphatic rings. The highest BCUT2D eigenvalue weighted by Crippen LogP contribution is 2.45. The van der Waals surface area contributed by atoms with Crippen LogP contribution in [0.15, 0.2) is 36.5 Å². The van der Waals surface area contributed by atoms with E-state index >= 15 is 0 Å². The van der Waals surface area contributed by atoms with Gasteiger partial charge in [0.15, 0.2) is 0 Å². The topological polar surface area (TPSA) is 27.7 Å². The van der Waals surface area contributed by atoms with Gasteiger partial charge in [-0.2, -0.15) is 0 Å². The summed E-state index contributed by atoms with van der Waals surface area (Å²) in [5, 5.41) is 0. The zero-order valence-electron chi connectivity index (χ0n) is 19.2. The minimum absolute atomic E-state index is 0.341. The van der Waals surface area contributed by atoms with Crippen LogP contribution in [0, 0.1) is 53.3 Å². The van der Waals surface area contributed by atoms with Crippen LogP contribution in [0.2, 0.25) is 0 Å². The van der Waals surface area contributed by atoms with Crippen LogP contribution in [0.4, 0.5) is 0 Å². The number of hydrogen-bond donors (Lipinski definition) is 0. The van der Waals surface area contributed by atoms with Crippen molar-refractivity contribution in [2.45, 2.75) is 51.0 Å². The molecule has 0 saturated heterocycles. The third kappa shape index (κ3) is 4.35. The minimum Gasteiger partial charge on any atom is -0.378 e. The Morgan fingerprint density at radius 1 is 0.581 bits per heavy atom. The van der Waals surface area contributed by atoms with Crippen molar-refractivity contribution in [1.82, 2.24) is 0 Å². The molecule has 6 rings (SSSR count). The summed E-state index contributed by atoms with van der Waals surface area (Å²) in [6, 6.07) is 0. The van der Waals surface area contributed by atoms with E-state index in [-0.39, 0.29) is 5.60 Å². The Morgan fingerprint density at radius 3 is 1.35 bits per heavy atom. The second-order valence-corrected chi connectivity index (χ2v) is 11.9. The number of ether oxygens (including phenoxy) is 3. The smallest absolute Gasteiger partial charge is 0.112 e. The van der Waals surface area contributed by atoms with Gasteiger partial charge >= 0.3 is 0 Å². The summed E-state index contributed by atoms with van der Waals surface area (Å²) in [7, 11) is 0. The molecule has 0 heterocycles. The Bertz CT molecular complexity index is 699. The molecule has 6 aliphatic carbocycles. The highest BCUT2D eigenvalue weighted by Gasteiger charge is 2.40. The molecule has 3 nitrogen and oxygen atoms in total. The molecule has 0 radical (unpaired) electrons. The molecule has 6 bridgehead atoms. The van der Waals surface area contributed by atoms with Gasteiger partial charge < -0.3 is 14.2 Å². The van der Waals surface area contributed by atoms with E-state index in [1.54, 1.807) is 0 Å². The summed E-state index contributed by atoms with van der Waals surface area (Å²) in [5.41, 5.74) is -0.341. The lowest BCUT2D eigenvalue weighted by molar-refractivity contribution is -0.141. The van der Waals surface area contributed by atoms with Crippen LogP contribution in [0.1, 0.15) is 45.4 Å².